The average molecular weight is 424 g/mol. The highest BCUT2D eigenvalue weighted by Crippen LogP contribution is 2.24. The molecule has 1 aliphatic rings. The van der Waals surface area contributed by atoms with Crippen molar-refractivity contribution in [3.8, 4) is 0 Å². The maximum atomic E-state index is 14.4. The van der Waals surface area contributed by atoms with Crippen molar-refractivity contribution < 1.29 is 36.3 Å². The molecule has 2 amide bonds. The topological polar surface area (TPSA) is 87.9 Å². The lowest BCUT2D eigenvalue weighted by molar-refractivity contribution is -0.125. The Morgan fingerprint density at radius 3 is 2.41 bits per heavy atom. The predicted octanol–water partition coefficient (Wildman–Crippen LogP) is 1.29. The lowest BCUT2D eigenvalue weighted by Gasteiger charge is -2.29. The van der Waals surface area contributed by atoms with Crippen LogP contribution in [-0.2, 0) is 14.3 Å². The third kappa shape index (κ3) is 6.34. The summed E-state index contributed by atoms with van der Waals surface area (Å²) in [4.78, 5) is 26.1. The fourth-order valence-electron chi connectivity index (χ4n) is 2.89. The van der Waals surface area contributed by atoms with Gasteiger partial charge in [0.15, 0.2) is 0 Å². The molecule has 0 spiro atoms. The molecule has 162 valence electrons. The molecule has 0 aromatic heterocycles. The second kappa shape index (κ2) is 10.5. The number of ether oxygens (including phenoxy) is 1. The number of rotatable bonds is 9. The largest absolute Gasteiger partial charge is 0.370 e. The fourth-order valence-corrected chi connectivity index (χ4v) is 2.89. The second-order valence-corrected chi connectivity index (χ2v) is 6.24. The van der Waals surface area contributed by atoms with E-state index < -0.39 is 50.3 Å². The van der Waals surface area contributed by atoms with Gasteiger partial charge in [-0.15, -0.1) is 0 Å². The number of amides is 2. The van der Waals surface area contributed by atoms with Crippen LogP contribution in [0.3, 0.4) is 0 Å². The van der Waals surface area contributed by atoms with E-state index in [1.165, 1.54) is 17.0 Å². The number of carbonyl (C=O) groups is 2. The zero-order valence-corrected chi connectivity index (χ0v) is 15.3. The van der Waals surface area contributed by atoms with E-state index in [2.05, 4.69) is 5.32 Å². The zero-order valence-electron chi connectivity index (χ0n) is 15.3. The molecule has 7 nitrogen and oxygen atoms in total. The van der Waals surface area contributed by atoms with Crippen LogP contribution in [0.25, 0.3) is 0 Å². The van der Waals surface area contributed by atoms with Gasteiger partial charge in [-0.05, 0) is 18.2 Å². The van der Waals surface area contributed by atoms with Gasteiger partial charge in [0, 0.05) is 18.8 Å². The number of benzene rings is 1. The number of hydrogen-bond donors (Lipinski definition) is 2. The monoisotopic (exact) mass is 424 g/mol. The molecule has 0 bridgehead atoms. The van der Waals surface area contributed by atoms with Crippen molar-refractivity contribution in [3.63, 3.8) is 0 Å². The minimum Gasteiger partial charge on any atom is -0.370 e. The number of alkyl halides is 4. The van der Waals surface area contributed by atoms with Crippen molar-refractivity contribution in [2.45, 2.75) is 18.9 Å². The number of morpholine rings is 1. The van der Waals surface area contributed by atoms with Gasteiger partial charge in [-0.2, -0.15) is 0 Å². The van der Waals surface area contributed by atoms with Gasteiger partial charge in [0.2, 0.25) is 5.91 Å². The molecule has 1 fully saturated rings. The first-order valence-corrected chi connectivity index (χ1v) is 8.71. The number of nitrogens with one attached hydrogen (secondary N) is 1. The normalized spacial score (nSPS) is 16.0. The van der Waals surface area contributed by atoms with Crippen LogP contribution in [0.1, 0.15) is 0 Å². The van der Waals surface area contributed by atoms with Crippen molar-refractivity contribution in [2.75, 3.05) is 49.6 Å². The highest BCUT2D eigenvalue weighted by atomic mass is 19.3. The number of halogens is 5. The van der Waals surface area contributed by atoms with Gasteiger partial charge in [-0.3, -0.25) is 14.5 Å². The van der Waals surface area contributed by atoms with E-state index in [1.54, 1.807) is 0 Å². The van der Waals surface area contributed by atoms with Crippen LogP contribution in [-0.4, -0.2) is 75.0 Å². The van der Waals surface area contributed by atoms with E-state index >= 15 is 0 Å². The van der Waals surface area contributed by atoms with Gasteiger partial charge in [0.05, 0.1) is 25.4 Å². The van der Waals surface area contributed by atoms with Gasteiger partial charge in [0.25, 0.3) is 18.8 Å². The molecule has 3 N–H and O–H groups in total. The second-order valence-electron chi connectivity index (χ2n) is 6.24. The molecule has 0 radical (unpaired) electrons. The number of hydrogen-bond acceptors (Lipinski definition) is 5. The molecule has 1 aliphatic heterocycles. The zero-order chi connectivity index (χ0) is 21.6. The molecule has 0 saturated carbocycles. The van der Waals surface area contributed by atoms with Crippen LogP contribution in [0.15, 0.2) is 18.2 Å². The first kappa shape index (κ1) is 23.0. The molecule has 12 heteroatoms. The van der Waals surface area contributed by atoms with Gasteiger partial charge in [0.1, 0.15) is 18.5 Å². The SMILES string of the molecule is NC[C@@H](C(=O)Nc1ccc(N2CCOCC2=O)cc1F)N(CC(F)F)CC(F)F. The van der Waals surface area contributed by atoms with Crippen molar-refractivity contribution in [1.82, 2.24) is 4.90 Å². The Labute approximate surface area is 163 Å². The fraction of sp³-hybridized carbons (Fsp3) is 0.529. The van der Waals surface area contributed by atoms with E-state index in [0.717, 1.165) is 6.07 Å². The Morgan fingerprint density at radius 1 is 1.24 bits per heavy atom. The summed E-state index contributed by atoms with van der Waals surface area (Å²) < 4.78 is 70.1. The third-order valence-corrected chi connectivity index (χ3v) is 4.22. The van der Waals surface area contributed by atoms with E-state index in [9.17, 15) is 31.5 Å². The molecule has 1 atom stereocenters. The highest BCUT2D eigenvalue weighted by molar-refractivity contribution is 5.97. The predicted molar refractivity (Wildman–Crippen MR) is 94.6 cm³/mol. The van der Waals surface area contributed by atoms with Crippen LogP contribution in [0.5, 0.6) is 0 Å². The summed E-state index contributed by atoms with van der Waals surface area (Å²) in [6.45, 7) is -2.31. The standard InChI is InChI=1S/C17H21F5N4O3/c18-11-5-10(26-3-4-29-9-16(26)27)1-2-12(11)24-17(28)13(6-23)25(7-14(19)20)8-15(21)22/h1-2,5,13-15H,3-4,6-9,23H2,(H,24,28)/t13-/m0/s1. The molecule has 1 aromatic carbocycles. The third-order valence-electron chi connectivity index (χ3n) is 4.22. The van der Waals surface area contributed by atoms with E-state index in [0.29, 0.717) is 4.90 Å². The van der Waals surface area contributed by atoms with Crippen LogP contribution in [0, 0.1) is 5.82 Å². The molecule has 0 unspecified atom stereocenters. The molecule has 29 heavy (non-hydrogen) atoms. The number of anilines is 2. The Morgan fingerprint density at radius 2 is 1.90 bits per heavy atom. The van der Waals surface area contributed by atoms with Crippen LogP contribution in [0.4, 0.5) is 33.3 Å². The van der Waals surface area contributed by atoms with Crippen molar-refractivity contribution >= 4 is 23.2 Å². The number of nitrogens with two attached hydrogens (primary N) is 1. The summed E-state index contributed by atoms with van der Waals surface area (Å²) in [5, 5.41) is 2.18. The van der Waals surface area contributed by atoms with Crippen molar-refractivity contribution in [2.24, 2.45) is 5.73 Å². The number of nitrogens with zero attached hydrogens (tertiary/aromatic N) is 2. The first-order chi connectivity index (χ1) is 13.7. The minimum absolute atomic E-state index is 0.137. The minimum atomic E-state index is -2.96. The molecule has 0 aliphatic carbocycles. The maximum absolute atomic E-state index is 14.4. The van der Waals surface area contributed by atoms with Gasteiger partial charge in [-0.1, -0.05) is 0 Å². The Bertz CT molecular complexity index is 712. The van der Waals surface area contributed by atoms with Crippen molar-refractivity contribution in [3.05, 3.63) is 24.0 Å². The molecule has 1 heterocycles. The highest BCUT2D eigenvalue weighted by Gasteiger charge is 2.30. The van der Waals surface area contributed by atoms with Crippen LogP contribution in [0.2, 0.25) is 0 Å². The number of carbonyl (C=O) groups excluding carboxylic acids is 2. The van der Waals surface area contributed by atoms with E-state index in [1.807, 2.05) is 0 Å². The van der Waals surface area contributed by atoms with Gasteiger partial charge < -0.3 is 20.7 Å². The van der Waals surface area contributed by atoms with Gasteiger partial charge in [-0.25, -0.2) is 22.0 Å². The maximum Gasteiger partial charge on any atom is 0.253 e. The van der Waals surface area contributed by atoms with Crippen LogP contribution >= 0.6 is 0 Å². The summed E-state index contributed by atoms with van der Waals surface area (Å²) in [6.07, 6.45) is -5.92. The molecule has 1 aromatic rings. The summed E-state index contributed by atoms with van der Waals surface area (Å²) in [6, 6.07) is 2.09. The summed E-state index contributed by atoms with van der Waals surface area (Å²) in [7, 11) is 0. The van der Waals surface area contributed by atoms with E-state index in [4.69, 9.17) is 10.5 Å². The lowest BCUT2D eigenvalue weighted by Crippen LogP contribution is -2.51. The van der Waals surface area contributed by atoms with E-state index in [-0.39, 0.29) is 37.0 Å². The smallest absolute Gasteiger partial charge is 0.253 e. The molecule has 2 rings (SSSR count). The summed E-state index contributed by atoms with van der Waals surface area (Å²) in [5.41, 5.74) is 5.36. The summed E-state index contributed by atoms with van der Waals surface area (Å²) >= 11 is 0. The van der Waals surface area contributed by atoms with Gasteiger partial charge >= 0.3 is 0 Å². The summed E-state index contributed by atoms with van der Waals surface area (Å²) in [5.74, 6) is -2.24. The molecular formula is C17H21F5N4O3. The quantitative estimate of drug-likeness (QED) is 0.584. The average Bonchev–Trinajstić information content (AvgIpc) is 2.63. The Hall–Kier alpha value is -2.31. The van der Waals surface area contributed by atoms with Crippen LogP contribution < -0.4 is 16.0 Å². The van der Waals surface area contributed by atoms with Crippen molar-refractivity contribution in [1.29, 1.82) is 0 Å². The first-order valence-electron chi connectivity index (χ1n) is 8.71. The Kier molecular flexibility index (Phi) is 8.29. The molecule has 1 saturated heterocycles. The Balaban J connectivity index is 2.13. The molecular weight excluding hydrogens is 403 g/mol. The lowest BCUT2D eigenvalue weighted by atomic mass is 10.2.